The van der Waals surface area contributed by atoms with Gasteiger partial charge in [-0.2, -0.15) is 0 Å². The molecule has 0 aromatic heterocycles. The number of halogens is 1. The molecule has 1 unspecified atom stereocenters. The van der Waals surface area contributed by atoms with Crippen molar-refractivity contribution in [2.24, 2.45) is 0 Å². The van der Waals surface area contributed by atoms with E-state index in [9.17, 15) is 4.79 Å². The van der Waals surface area contributed by atoms with E-state index in [4.69, 9.17) is 4.74 Å². The predicted octanol–water partition coefficient (Wildman–Crippen LogP) is 2.77. The number of amides is 1. The molecule has 1 saturated heterocycles. The van der Waals surface area contributed by atoms with Crippen LogP contribution >= 0.6 is 12.4 Å². The third kappa shape index (κ3) is 3.50. The molecule has 2 N–H and O–H groups in total. The second-order valence-electron chi connectivity index (χ2n) is 5.95. The molecule has 116 valence electrons. The molecule has 5 heteroatoms. The zero-order valence-electron chi connectivity index (χ0n) is 12.4. The molecule has 1 aromatic rings. The molecule has 0 aliphatic carbocycles. The molecule has 2 aliphatic rings. The lowest BCUT2D eigenvalue weighted by Crippen LogP contribution is -2.40. The standard InChI is InChI=1S/C16H22N2O2.ClH/c1-16(8-4-10-20-16)11-18-15(19)13-5-2-7-14-12(13)6-3-9-17-14;/h2,5,7,17H,3-4,6,8-11H2,1H3,(H,18,19);1H. The number of rotatable bonds is 3. The van der Waals surface area contributed by atoms with Crippen LogP contribution in [0.25, 0.3) is 0 Å². The van der Waals surface area contributed by atoms with Gasteiger partial charge in [-0.1, -0.05) is 6.07 Å². The Balaban J connectivity index is 0.00000161. The number of benzene rings is 1. The Kier molecular flexibility index (Phi) is 5.12. The minimum Gasteiger partial charge on any atom is -0.385 e. The smallest absolute Gasteiger partial charge is 0.251 e. The number of ether oxygens (including phenoxy) is 1. The molecule has 4 nitrogen and oxygen atoms in total. The van der Waals surface area contributed by atoms with Crippen LogP contribution in [0.15, 0.2) is 18.2 Å². The van der Waals surface area contributed by atoms with Crippen LogP contribution in [0.3, 0.4) is 0 Å². The van der Waals surface area contributed by atoms with Crippen molar-refractivity contribution < 1.29 is 9.53 Å². The highest BCUT2D eigenvalue weighted by molar-refractivity contribution is 5.97. The summed E-state index contributed by atoms with van der Waals surface area (Å²) in [5, 5.41) is 6.40. The summed E-state index contributed by atoms with van der Waals surface area (Å²) in [5.74, 6) is 0.0160. The van der Waals surface area contributed by atoms with Crippen molar-refractivity contribution in [2.45, 2.75) is 38.2 Å². The van der Waals surface area contributed by atoms with Crippen LogP contribution in [0.5, 0.6) is 0 Å². The lowest BCUT2D eigenvalue weighted by atomic mass is 9.96. The van der Waals surface area contributed by atoms with E-state index in [2.05, 4.69) is 17.6 Å². The van der Waals surface area contributed by atoms with Crippen LogP contribution < -0.4 is 10.6 Å². The van der Waals surface area contributed by atoms with Crippen LogP contribution in [0, 0.1) is 0 Å². The molecule has 0 radical (unpaired) electrons. The van der Waals surface area contributed by atoms with Gasteiger partial charge in [0.25, 0.3) is 5.91 Å². The minimum atomic E-state index is -0.192. The average molecular weight is 311 g/mol. The maximum absolute atomic E-state index is 12.4. The summed E-state index contributed by atoms with van der Waals surface area (Å²) in [6.45, 7) is 4.45. The van der Waals surface area contributed by atoms with Crippen molar-refractivity contribution in [2.75, 3.05) is 25.0 Å². The highest BCUT2D eigenvalue weighted by atomic mass is 35.5. The fourth-order valence-corrected chi connectivity index (χ4v) is 3.06. The van der Waals surface area contributed by atoms with Gasteiger partial charge in [0.05, 0.1) is 5.60 Å². The summed E-state index contributed by atoms with van der Waals surface area (Å²) in [6.07, 6.45) is 4.15. The van der Waals surface area contributed by atoms with E-state index in [-0.39, 0.29) is 23.9 Å². The fraction of sp³-hybridized carbons (Fsp3) is 0.562. The van der Waals surface area contributed by atoms with Gasteiger partial charge in [-0.25, -0.2) is 0 Å². The molecule has 0 spiro atoms. The average Bonchev–Trinajstić information content (AvgIpc) is 2.91. The second-order valence-corrected chi connectivity index (χ2v) is 5.95. The van der Waals surface area contributed by atoms with E-state index in [1.54, 1.807) is 0 Å². The zero-order valence-corrected chi connectivity index (χ0v) is 13.2. The maximum Gasteiger partial charge on any atom is 0.251 e. The molecule has 21 heavy (non-hydrogen) atoms. The lowest BCUT2D eigenvalue weighted by Gasteiger charge is -2.24. The van der Waals surface area contributed by atoms with Gasteiger partial charge in [0.1, 0.15) is 0 Å². The Morgan fingerprint density at radius 2 is 2.29 bits per heavy atom. The van der Waals surface area contributed by atoms with E-state index in [1.807, 2.05) is 18.2 Å². The van der Waals surface area contributed by atoms with Crippen molar-refractivity contribution in [3.8, 4) is 0 Å². The van der Waals surface area contributed by atoms with Crippen molar-refractivity contribution in [3.63, 3.8) is 0 Å². The monoisotopic (exact) mass is 310 g/mol. The molecule has 1 fully saturated rings. The first-order valence-corrected chi connectivity index (χ1v) is 7.46. The number of carbonyl (C=O) groups excluding carboxylic acids is 1. The topological polar surface area (TPSA) is 50.4 Å². The third-order valence-corrected chi connectivity index (χ3v) is 4.26. The van der Waals surface area contributed by atoms with Gasteiger partial charge in [0.15, 0.2) is 0 Å². The zero-order chi connectivity index (χ0) is 14.0. The van der Waals surface area contributed by atoms with Gasteiger partial charge in [-0.3, -0.25) is 4.79 Å². The van der Waals surface area contributed by atoms with Crippen molar-refractivity contribution in [1.29, 1.82) is 0 Å². The summed E-state index contributed by atoms with van der Waals surface area (Å²) in [5.41, 5.74) is 2.86. The van der Waals surface area contributed by atoms with Crippen LogP contribution in [0.4, 0.5) is 5.69 Å². The van der Waals surface area contributed by atoms with Gasteiger partial charge < -0.3 is 15.4 Å². The Morgan fingerprint density at radius 3 is 3.05 bits per heavy atom. The number of hydrogen-bond acceptors (Lipinski definition) is 3. The van der Waals surface area contributed by atoms with Crippen LogP contribution in [-0.4, -0.2) is 31.2 Å². The first kappa shape index (κ1) is 16.1. The highest BCUT2D eigenvalue weighted by Crippen LogP contribution is 2.26. The normalized spacial score (nSPS) is 23.7. The van der Waals surface area contributed by atoms with Crippen LogP contribution in [0.1, 0.15) is 42.1 Å². The number of carbonyl (C=O) groups is 1. The molecule has 2 heterocycles. The molecular weight excluding hydrogens is 288 g/mol. The Labute approximate surface area is 132 Å². The fourth-order valence-electron chi connectivity index (χ4n) is 3.06. The van der Waals surface area contributed by atoms with Gasteiger partial charge in [-0.15, -0.1) is 12.4 Å². The first-order valence-electron chi connectivity index (χ1n) is 7.46. The van der Waals surface area contributed by atoms with Gasteiger partial charge >= 0.3 is 0 Å². The Bertz CT molecular complexity index is 513. The van der Waals surface area contributed by atoms with Crippen LogP contribution in [-0.2, 0) is 11.2 Å². The molecule has 1 amide bonds. The summed E-state index contributed by atoms with van der Waals surface area (Å²) < 4.78 is 5.71. The Morgan fingerprint density at radius 1 is 1.43 bits per heavy atom. The summed E-state index contributed by atoms with van der Waals surface area (Å²) in [6, 6.07) is 5.91. The third-order valence-electron chi connectivity index (χ3n) is 4.26. The summed E-state index contributed by atoms with van der Waals surface area (Å²) >= 11 is 0. The quantitative estimate of drug-likeness (QED) is 0.902. The summed E-state index contributed by atoms with van der Waals surface area (Å²) in [4.78, 5) is 12.4. The molecule has 1 atom stereocenters. The van der Waals surface area contributed by atoms with Gasteiger partial charge in [0, 0.05) is 30.9 Å². The number of fused-ring (bicyclic) bond motifs is 1. The lowest BCUT2D eigenvalue weighted by molar-refractivity contribution is 0.0206. The Hall–Kier alpha value is -1.26. The van der Waals surface area contributed by atoms with Gasteiger partial charge in [0.2, 0.25) is 0 Å². The SMILES string of the molecule is CC1(CNC(=O)c2cccc3c2CCCN3)CCCO1.Cl. The van der Waals surface area contributed by atoms with E-state index >= 15 is 0 Å². The summed E-state index contributed by atoms with van der Waals surface area (Å²) in [7, 11) is 0. The molecule has 1 aromatic carbocycles. The first-order chi connectivity index (χ1) is 9.68. The molecule has 3 rings (SSSR count). The van der Waals surface area contributed by atoms with Crippen molar-refractivity contribution in [3.05, 3.63) is 29.3 Å². The highest BCUT2D eigenvalue weighted by Gasteiger charge is 2.30. The second kappa shape index (κ2) is 6.67. The number of hydrogen-bond donors (Lipinski definition) is 2. The predicted molar refractivity (Wildman–Crippen MR) is 86.4 cm³/mol. The maximum atomic E-state index is 12.4. The van der Waals surface area contributed by atoms with Crippen molar-refractivity contribution >= 4 is 24.0 Å². The number of anilines is 1. The van der Waals surface area contributed by atoms with Gasteiger partial charge in [-0.05, 0) is 50.3 Å². The molecular formula is C16H23ClN2O2. The molecule has 2 aliphatic heterocycles. The van der Waals surface area contributed by atoms with Crippen LogP contribution in [0.2, 0.25) is 0 Å². The van der Waals surface area contributed by atoms with E-state index in [1.165, 1.54) is 0 Å². The molecule has 0 bridgehead atoms. The van der Waals surface area contributed by atoms with E-state index in [0.29, 0.717) is 6.54 Å². The largest absolute Gasteiger partial charge is 0.385 e. The van der Waals surface area contributed by atoms with E-state index < -0.39 is 0 Å². The number of nitrogens with one attached hydrogen (secondary N) is 2. The molecule has 0 saturated carbocycles. The van der Waals surface area contributed by atoms with Crippen molar-refractivity contribution in [1.82, 2.24) is 5.32 Å². The van der Waals surface area contributed by atoms with E-state index in [0.717, 1.165) is 55.6 Å². The minimum absolute atomic E-state index is 0.